The third kappa shape index (κ3) is 5.12. The summed E-state index contributed by atoms with van der Waals surface area (Å²) in [6.07, 6.45) is 0.673. The van der Waals surface area contributed by atoms with Crippen molar-refractivity contribution in [3.8, 4) is 5.75 Å². The van der Waals surface area contributed by atoms with Gasteiger partial charge in [0.1, 0.15) is 0 Å². The number of methoxy groups -OCH3 is 1. The monoisotopic (exact) mass is 284 g/mol. The van der Waals surface area contributed by atoms with Gasteiger partial charge in [0.25, 0.3) is 0 Å². The zero-order valence-electron chi connectivity index (χ0n) is 11.6. The highest BCUT2D eigenvalue weighted by Crippen LogP contribution is 2.19. The summed E-state index contributed by atoms with van der Waals surface area (Å²) in [5, 5.41) is 0. The second-order valence-electron chi connectivity index (χ2n) is 4.75. The molecule has 0 aliphatic heterocycles. The highest BCUT2D eigenvalue weighted by molar-refractivity contribution is 7.80. The molecule has 0 fully saturated rings. The van der Waals surface area contributed by atoms with E-state index in [1.165, 1.54) is 13.2 Å². The Morgan fingerprint density at radius 3 is 2.63 bits per heavy atom. The van der Waals surface area contributed by atoms with E-state index in [4.69, 9.17) is 22.7 Å². The van der Waals surface area contributed by atoms with Gasteiger partial charge >= 0.3 is 0 Å². The zero-order chi connectivity index (χ0) is 14.4. The van der Waals surface area contributed by atoms with Crippen LogP contribution in [0.1, 0.15) is 25.8 Å². The van der Waals surface area contributed by atoms with Crippen molar-refractivity contribution in [2.45, 2.75) is 32.9 Å². The summed E-state index contributed by atoms with van der Waals surface area (Å²) in [5.74, 6) is -0.0685. The van der Waals surface area contributed by atoms with E-state index in [2.05, 4.69) is 18.7 Å². The topological polar surface area (TPSA) is 38.5 Å². The number of thiocarbonyl (C=S) groups is 1. The molecule has 0 unspecified atom stereocenters. The van der Waals surface area contributed by atoms with E-state index in [9.17, 15) is 4.39 Å². The van der Waals surface area contributed by atoms with Crippen LogP contribution in [0.2, 0.25) is 0 Å². The molecule has 1 aromatic rings. The number of hydrogen-bond donors (Lipinski definition) is 1. The Labute approximate surface area is 119 Å². The number of nitrogens with two attached hydrogens (primary N) is 1. The largest absolute Gasteiger partial charge is 0.494 e. The van der Waals surface area contributed by atoms with Gasteiger partial charge in [0.2, 0.25) is 0 Å². The Morgan fingerprint density at radius 2 is 2.16 bits per heavy atom. The average molecular weight is 284 g/mol. The summed E-state index contributed by atoms with van der Waals surface area (Å²) in [7, 11) is 1.46. The first kappa shape index (κ1) is 15.9. The fraction of sp³-hybridized carbons (Fsp3) is 0.500. The van der Waals surface area contributed by atoms with Crippen LogP contribution in [0.25, 0.3) is 0 Å². The second kappa shape index (κ2) is 7.40. The molecule has 0 saturated heterocycles. The molecular formula is C14H21FN2OS. The van der Waals surface area contributed by atoms with Crippen LogP contribution in [0.15, 0.2) is 18.2 Å². The van der Waals surface area contributed by atoms with Crippen molar-refractivity contribution in [3.63, 3.8) is 0 Å². The molecular weight excluding hydrogens is 263 g/mol. The van der Waals surface area contributed by atoms with Crippen LogP contribution in [0.4, 0.5) is 4.39 Å². The third-order valence-corrected chi connectivity index (χ3v) is 3.18. The van der Waals surface area contributed by atoms with Gasteiger partial charge in [-0.2, -0.15) is 0 Å². The predicted octanol–water partition coefficient (Wildman–Crippen LogP) is 2.72. The van der Waals surface area contributed by atoms with Gasteiger partial charge in [0, 0.05) is 25.6 Å². The average Bonchev–Trinajstić information content (AvgIpc) is 2.34. The van der Waals surface area contributed by atoms with Crippen molar-refractivity contribution in [3.05, 3.63) is 29.6 Å². The highest BCUT2D eigenvalue weighted by atomic mass is 32.1. The lowest BCUT2D eigenvalue weighted by Crippen LogP contribution is -2.33. The summed E-state index contributed by atoms with van der Waals surface area (Å²) < 4.78 is 18.5. The molecule has 0 atom stereocenters. The molecule has 3 nitrogen and oxygen atoms in total. The summed E-state index contributed by atoms with van der Waals surface area (Å²) in [4.78, 5) is 2.71. The van der Waals surface area contributed by atoms with Crippen LogP contribution in [-0.4, -0.2) is 29.6 Å². The highest BCUT2D eigenvalue weighted by Gasteiger charge is 2.12. The third-order valence-electron chi connectivity index (χ3n) is 2.98. The zero-order valence-corrected chi connectivity index (χ0v) is 12.5. The molecule has 0 amide bonds. The van der Waals surface area contributed by atoms with Gasteiger partial charge in [-0.3, -0.25) is 4.90 Å². The van der Waals surface area contributed by atoms with E-state index in [0.717, 1.165) is 12.1 Å². The normalized spacial score (nSPS) is 11.1. The Bertz CT molecular complexity index is 437. The molecule has 19 heavy (non-hydrogen) atoms. The second-order valence-corrected chi connectivity index (χ2v) is 5.27. The molecule has 0 aromatic heterocycles. The maximum atomic E-state index is 13.6. The fourth-order valence-electron chi connectivity index (χ4n) is 1.82. The Hall–Kier alpha value is -1.20. The van der Waals surface area contributed by atoms with Crippen LogP contribution in [0, 0.1) is 5.82 Å². The smallest absolute Gasteiger partial charge is 0.165 e. The van der Waals surface area contributed by atoms with Crippen LogP contribution < -0.4 is 10.5 Å². The lowest BCUT2D eigenvalue weighted by atomic mass is 10.1. The number of rotatable bonds is 7. The number of halogens is 1. The number of nitrogens with zero attached hydrogens (tertiary/aromatic N) is 1. The maximum absolute atomic E-state index is 13.6. The Morgan fingerprint density at radius 1 is 1.47 bits per heavy atom. The van der Waals surface area contributed by atoms with Crippen LogP contribution in [-0.2, 0) is 6.54 Å². The van der Waals surface area contributed by atoms with Gasteiger partial charge in [-0.25, -0.2) is 4.39 Å². The number of benzene rings is 1. The van der Waals surface area contributed by atoms with Crippen molar-refractivity contribution in [1.29, 1.82) is 0 Å². The predicted molar refractivity (Wildman–Crippen MR) is 79.9 cm³/mol. The standard InChI is InChI=1S/C14H21FN2OS/c1-10(2)17(7-6-14(16)19)9-11-4-5-13(18-3)12(15)8-11/h4-5,8,10H,6-7,9H2,1-3H3,(H2,16,19). The van der Waals surface area contributed by atoms with E-state index in [1.54, 1.807) is 6.07 Å². The van der Waals surface area contributed by atoms with E-state index >= 15 is 0 Å². The molecule has 0 radical (unpaired) electrons. The SMILES string of the molecule is COc1ccc(CN(CCC(N)=S)C(C)C)cc1F. The molecule has 0 bridgehead atoms. The molecule has 0 heterocycles. The minimum absolute atomic E-state index is 0.267. The first-order valence-electron chi connectivity index (χ1n) is 6.28. The van der Waals surface area contributed by atoms with Crippen LogP contribution in [0.5, 0.6) is 5.75 Å². The van der Waals surface area contributed by atoms with Crippen molar-refractivity contribution < 1.29 is 9.13 Å². The summed E-state index contributed by atoms with van der Waals surface area (Å²) >= 11 is 4.89. The first-order chi connectivity index (χ1) is 8.93. The molecule has 0 aliphatic rings. The minimum Gasteiger partial charge on any atom is -0.494 e. The Kier molecular flexibility index (Phi) is 6.18. The number of ether oxygens (including phenoxy) is 1. The molecule has 1 rings (SSSR count). The molecule has 106 valence electrons. The van der Waals surface area contributed by atoms with Crippen LogP contribution in [0.3, 0.4) is 0 Å². The lowest BCUT2D eigenvalue weighted by Gasteiger charge is -2.26. The van der Waals surface area contributed by atoms with Crippen molar-refractivity contribution in [2.75, 3.05) is 13.7 Å². The fourth-order valence-corrected chi connectivity index (χ4v) is 1.91. The van der Waals surface area contributed by atoms with Crippen molar-refractivity contribution in [2.24, 2.45) is 5.73 Å². The first-order valence-corrected chi connectivity index (χ1v) is 6.69. The summed E-state index contributed by atoms with van der Waals surface area (Å²) in [5.41, 5.74) is 6.44. The van der Waals surface area contributed by atoms with E-state index in [-0.39, 0.29) is 11.6 Å². The minimum atomic E-state index is -0.335. The molecule has 2 N–H and O–H groups in total. The van der Waals surface area contributed by atoms with Crippen molar-refractivity contribution in [1.82, 2.24) is 4.90 Å². The van der Waals surface area contributed by atoms with E-state index < -0.39 is 0 Å². The molecule has 0 spiro atoms. The lowest BCUT2D eigenvalue weighted by molar-refractivity contribution is 0.219. The quantitative estimate of drug-likeness (QED) is 0.781. The summed E-state index contributed by atoms with van der Waals surface area (Å²) in [6.45, 7) is 5.64. The van der Waals surface area contributed by atoms with Crippen molar-refractivity contribution >= 4 is 17.2 Å². The van der Waals surface area contributed by atoms with E-state index in [1.807, 2.05) is 6.07 Å². The molecule has 5 heteroatoms. The molecule has 0 saturated carbocycles. The maximum Gasteiger partial charge on any atom is 0.165 e. The van der Waals surface area contributed by atoms with Crippen LogP contribution >= 0.6 is 12.2 Å². The number of hydrogen-bond acceptors (Lipinski definition) is 3. The summed E-state index contributed by atoms with van der Waals surface area (Å²) in [6, 6.07) is 5.38. The van der Waals surface area contributed by atoms with Gasteiger partial charge in [0.15, 0.2) is 11.6 Å². The van der Waals surface area contributed by atoms with E-state index in [0.29, 0.717) is 24.0 Å². The van der Waals surface area contributed by atoms with Gasteiger partial charge in [-0.05, 0) is 31.5 Å². The van der Waals surface area contributed by atoms with Gasteiger partial charge < -0.3 is 10.5 Å². The van der Waals surface area contributed by atoms with Gasteiger partial charge in [-0.1, -0.05) is 18.3 Å². The Balaban J connectivity index is 2.73. The van der Waals surface area contributed by atoms with Gasteiger partial charge in [0.05, 0.1) is 12.1 Å². The molecule has 1 aromatic carbocycles. The van der Waals surface area contributed by atoms with Gasteiger partial charge in [-0.15, -0.1) is 0 Å². The molecule has 0 aliphatic carbocycles.